The summed E-state index contributed by atoms with van der Waals surface area (Å²) in [6.07, 6.45) is 2.20. The van der Waals surface area contributed by atoms with Crippen LogP contribution >= 0.6 is 11.3 Å². The molecule has 60 valence electrons. The van der Waals surface area contributed by atoms with Crippen molar-refractivity contribution in [3.05, 3.63) is 23.0 Å². The molecule has 0 atom stereocenters. The van der Waals surface area contributed by atoms with E-state index in [0.29, 0.717) is 6.42 Å². The number of rotatable bonds is 1. The molecule has 0 amide bonds. The van der Waals surface area contributed by atoms with Gasteiger partial charge in [0.1, 0.15) is 0 Å². The summed E-state index contributed by atoms with van der Waals surface area (Å²) in [5.74, 6) is 0. The molecule has 0 N–H and O–H groups in total. The van der Waals surface area contributed by atoms with Crippen molar-refractivity contribution >= 4 is 16.3 Å². The standard InChI is InChI=1S/C8H7N3S/c1-6-5-12-8-10-4-7(2-3-9)11(6)8/h4-5H,2H2,1H3. The van der Waals surface area contributed by atoms with Crippen LogP contribution in [0.5, 0.6) is 0 Å². The van der Waals surface area contributed by atoms with E-state index in [2.05, 4.69) is 11.1 Å². The number of aromatic nitrogens is 2. The molecule has 0 saturated carbocycles. The van der Waals surface area contributed by atoms with Gasteiger partial charge in [0.05, 0.1) is 24.4 Å². The minimum Gasteiger partial charge on any atom is -0.291 e. The number of thiazole rings is 1. The molecular weight excluding hydrogens is 170 g/mol. The molecule has 2 heterocycles. The highest BCUT2D eigenvalue weighted by atomic mass is 32.1. The molecule has 0 aromatic carbocycles. The first-order valence-electron chi connectivity index (χ1n) is 3.60. The van der Waals surface area contributed by atoms with Gasteiger partial charge in [-0.2, -0.15) is 5.26 Å². The van der Waals surface area contributed by atoms with Crippen molar-refractivity contribution in [2.45, 2.75) is 13.3 Å². The fraction of sp³-hybridized carbons (Fsp3) is 0.250. The van der Waals surface area contributed by atoms with Gasteiger partial charge in [-0.05, 0) is 6.92 Å². The predicted molar refractivity (Wildman–Crippen MR) is 47.1 cm³/mol. The Hall–Kier alpha value is -1.34. The molecule has 3 nitrogen and oxygen atoms in total. The normalized spacial score (nSPS) is 10.3. The number of nitrogens with zero attached hydrogens (tertiary/aromatic N) is 3. The lowest BCUT2D eigenvalue weighted by Gasteiger charge is -1.92. The Kier molecular flexibility index (Phi) is 1.59. The lowest BCUT2D eigenvalue weighted by molar-refractivity contribution is 1.02. The topological polar surface area (TPSA) is 41.1 Å². The van der Waals surface area contributed by atoms with E-state index in [1.165, 1.54) is 0 Å². The number of nitriles is 1. The molecule has 0 unspecified atom stereocenters. The van der Waals surface area contributed by atoms with E-state index in [1.807, 2.05) is 16.7 Å². The summed E-state index contributed by atoms with van der Waals surface area (Å²) in [4.78, 5) is 5.16. The molecule has 0 aliphatic rings. The fourth-order valence-corrected chi connectivity index (χ4v) is 2.09. The quantitative estimate of drug-likeness (QED) is 0.666. The second-order valence-corrected chi connectivity index (χ2v) is 3.42. The van der Waals surface area contributed by atoms with Gasteiger partial charge in [0.25, 0.3) is 0 Å². The summed E-state index contributed by atoms with van der Waals surface area (Å²) in [5, 5.41) is 10.6. The van der Waals surface area contributed by atoms with Crippen LogP contribution < -0.4 is 0 Å². The number of aryl methyl sites for hydroxylation is 1. The minimum absolute atomic E-state index is 0.429. The third-order valence-corrected chi connectivity index (χ3v) is 2.71. The monoisotopic (exact) mass is 177 g/mol. The average Bonchev–Trinajstić information content (AvgIpc) is 2.58. The Morgan fingerprint density at radius 2 is 2.58 bits per heavy atom. The zero-order valence-electron chi connectivity index (χ0n) is 6.61. The van der Waals surface area contributed by atoms with Crippen LogP contribution in [0.1, 0.15) is 11.4 Å². The first-order valence-corrected chi connectivity index (χ1v) is 4.48. The lowest BCUT2D eigenvalue weighted by atomic mass is 10.3. The molecule has 0 fully saturated rings. The van der Waals surface area contributed by atoms with E-state index in [0.717, 1.165) is 16.3 Å². The van der Waals surface area contributed by atoms with Crippen molar-refractivity contribution in [2.24, 2.45) is 0 Å². The predicted octanol–water partition coefficient (Wildman–Crippen LogP) is 1.77. The Morgan fingerprint density at radius 1 is 1.75 bits per heavy atom. The zero-order valence-corrected chi connectivity index (χ0v) is 7.43. The largest absolute Gasteiger partial charge is 0.291 e. The zero-order chi connectivity index (χ0) is 8.55. The van der Waals surface area contributed by atoms with E-state index >= 15 is 0 Å². The van der Waals surface area contributed by atoms with Crippen LogP contribution in [0.4, 0.5) is 0 Å². The Labute approximate surface area is 73.9 Å². The molecule has 0 aliphatic heterocycles. The molecular formula is C8H7N3S. The Balaban J connectivity index is 2.68. The summed E-state index contributed by atoms with van der Waals surface area (Å²) >= 11 is 1.60. The van der Waals surface area contributed by atoms with Gasteiger partial charge < -0.3 is 0 Å². The molecule has 12 heavy (non-hydrogen) atoms. The van der Waals surface area contributed by atoms with Gasteiger partial charge in [0.15, 0.2) is 4.96 Å². The van der Waals surface area contributed by atoms with Crippen LogP contribution in [-0.4, -0.2) is 9.38 Å². The van der Waals surface area contributed by atoms with Gasteiger partial charge >= 0.3 is 0 Å². The van der Waals surface area contributed by atoms with Crippen LogP contribution in [0.15, 0.2) is 11.6 Å². The SMILES string of the molecule is Cc1csc2ncc(CC#N)n12. The summed E-state index contributed by atoms with van der Waals surface area (Å²) < 4.78 is 2.02. The summed E-state index contributed by atoms with van der Waals surface area (Å²) in [7, 11) is 0. The van der Waals surface area contributed by atoms with Gasteiger partial charge in [0.2, 0.25) is 0 Å². The molecule has 2 aromatic heterocycles. The smallest absolute Gasteiger partial charge is 0.194 e. The third kappa shape index (κ3) is 0.908. The Bertz CT molecular complexity index is 446. The van der Waals surface area contributed by atoms with Crippen LogP contribution in [0.2, 0.25) is 0 Å². The maximum Gasteiger partial charge on any atom is 0.194 e. The lowest BCUT2D eigenvalue weighted by Crippen LogP contribution is -1.90. The molecule has 0 saturated heterocycles. The van der Waals surface area contributed by atoms with Gasteiger partial charge in [-0.1, -0.05) is 0 Å². The number of hydrogen-bond donors (Lipinski definition) is 0. The molecule has 0 radical (unpaired) electrons. The van der Waals surface area contributed by atoms with E-state index < -0.39 is 0 Å². The van der Waals surface area contributed by atoms with E-state index in [1.54, 1.807) is 17.5 Å². The van der Waals surface area contributed by atoms with Crippen LogP contribution in [-0.2, 0) is 6.42 Å². The van der Waals surface area contributed by atoms with Crippen molar-refractivity contribution < 1.29 is 0 Å². The van der Waals surface area contributed by atoms with Gasteiger partial charge in [0, 0.05) is 11.1 Å². The van der Waals surface area contributed by atoms with Crippen LogP contribution in [0, 0.1) is 18.3 Å². The number of imidazole rings is 1. The first kappa shape index (κ1) is 7.32. The summed E-state index contributed by atoms with van der Waals surface area (Å²) in [6, 6.07) is 2.12. The molecule has 0 bridgehead atoms. The number of hydrogen-bond acceptors (Lipinski definition) is 3. The van der Waals surface area contributed by atoms with Gasteiger partial charge in [-0.15, -0.1) is 11.3 Å². The maximum atomic E-state index is 8.54. The highest BCUT2D eigenvalue weighted by molar-refractivity contribution is 7.15. The second-order valence-electron chi connectivity index (χ2n) is 2.58. The van der Waals surface area contributed by atoms with E-state index in [4.69, 9.17) is 5.26 Å². The second kappa shape index (κ2) is 2.61. The molecule has 2 rings (SSSR count). The summed E-state index contributed by atoms with van der Waals surface area (Å²) in [6.45, 7) is 2.02. The third-order valence-electron chi connectivity index (χ3n) is 1.75. The molecule has 0 aliphatic carbocycles. The van der Waals surface area contributed by atoms with Crippen LogP contribution in [0.3, 0.4) is 0 Å². The van der Waals surface area contributed by atoms with Crippen molar-refractivity contribution in [3.63, 3.8) is 0 Å². The molecule has 2 aromatic rings. The first-order chi connectivity index (χ1) is 5.83. The Morgan fingerprint density at radius 3 is 3.33 bits per heavy atom. The van der Waals surface area contributed by atoms with Crippen molar-refractivity contribution in [2.75, 3.05) is 0 Å². The highest BCUT2D eigenvalue weighted by Gasteiger charge is 2.05. The number of fused-ring (bicyclic) bond motifs is 1. The van der Waals surface area contributed by atoms with Crippen LogP contribution in [0.25, 0.3) is 4.96 Å². The van der Waals surface area contributed by atoms with Gasteiger partial charge in [-0.3, -0.25) is 4.40 Å². The van der Waals surface area contributed by atoms with Crippen molar-refractivity contribution in [1.29, 1.82) is 5.26 Å². The van der Waals surface area contributed by atoms with E-state index in [-0.39, 0.29) is 0 Å². The molecule has 4 heteroatoms. The van der Waals surface area contributed by atoms with E-state index in [9.17, 15) is 0 Å². The highest BCUT2D eigenvalue weighted by Crippen LogP contribution is 2.16. The van der Waals surface area contributed by atoms with Crippen molar-refractivity contribution in [1.82, 2.24) is 9.38 Å². The minimum atomic E-state index is 0.429. The fourth-order valence-electron chi connectivity index (χ4n) is 1.22. The average molecular weight is 177 g/mol. The molecule has 0 spiro atoms. The van der Waals surface area contributed by atoms with Gasteiger partial charge in [-0.25, -0.2) is 4.98 Å². The summed E-state index contributed by atoms with van der Waals surface area (Å²) in [5.41, 5.74) is 2.13. The van der Waals surface area contributed by atoms with Crippen molar-refractivity contribution in [3.8, 4) is 6.07 Å². The maximum absolute atomic E-state index is 8.54.